The number of anilines is 1. The molecule has 30 heavy (non-hydrogen) atoms. The molecular formula is C21H20F3N5O. The molecule has 0 amide bonds. The number of ether oxygens (including phenoxy) is 1. The van der Waals surface area contributed by atoms with Crippen molar-refractivity contribution >= 4 is 24.1 Å². The van der Waals surface area contributed by atoms with Crippen molar-refractivity contribution in [3.63, 3.8) is 0 Å². The summed E-state index contributed by atoms with van der Waals surface area (Å²) in [6, 6.07) is 15.4. The number of nitrogens with zero attached hydrogens (tertiary/aromatic N) is 4. The number of benzene rings is 2. The number of aryl methyl sites for hydroxylation is 2. The average molecular weight is 415 g/mol. The van der Waals surface area contributed by atoms with E-state index in [-0.39, 0.29) is 5.75 Å². The molecular weight excluding hydrogens is 395 g/mol. The first kappa shape index (κ1) is 21.1. The Morgan fingerprint density at radius 2 is 1.83 bits per heavy atom. The van der Waals surface area contributed by atoms with Crippen LogP contribution >= 0.6 is 0 Å². The monoisotopic (exact) mass is 415 g/mol. The molecule has 0 unspecified atom stereocenters. The van der Waals surface area contributed by atoms with Gasteiger partial charge in [0.2, 0.25) is 0 Å². The highest BCUT2D eigenvalue weighted by Crippen LogP contribution is 2.25. The molecule has 2 aromatic carbocycles. The van der Waals surface area contributed by atoms with Crippen LogP contribution in [-0.4, -0.2) is 35.7 Å². The number of rotatable bonds is 7. The maximum atomic E-state index is 12.3. The van der Waals surface area contributed by atoms with Crippen LogP contribution in [0.4, 0.5) is 24.7 Å². The zero-order valence-corrected chi connectivity index (χ0v) is 16.2. The van der Waals surface area contributed by atoms with Crippen molar-refractivity contribution in [3.05, 3.63) is 71.9 Å². The lowest BCUT2D eigenvalue weighted by Gasteiger charge is -2.11. The number of hydrogen-bond acceptors (Lipinski definition) is 4. The predicted molar refractivity (Wildman–Crippen MR) is 111 cm³/mol. The van der Waals surface area contributed by atoms with Crippen molar-refractivity contribution in [2.75, 3.05) is 12.4 Å². The van der Waals surface area contributed by atoms with Gasteiger partial charge in [-0.1, -0.05) is 30.3 Å². The summed E-state index contributed by atoms with van der Waals surface area (Å²) in [6.45, 7) is 4.21. The molecule has 0 aliphatic heterocycles. The van der Waals surface area contributed by atoms with Gasteiger partial charge in [0, 0.05) is 25.5 Å². The van der Waals surface area contributed by atoms with Gasteiger partial charge in [0.05, 0.1) is 5.56 Å². The van der Waals surface area contributed by atoms with Crippen LogP contribution in [0.1, 0.15) is 11.1 Å². The van der Waals surface area contributed by atoms with Gasteiger partial charge in [-0.15, -0.1) is 13.2 Å². The van der Waals surface area contributed by atoms with Crippen LogP contribution in [0.3, 0.4) is 0 Å². The molecule has 1 heterocycles. The Morgan fingerprint density at radius 1 is 1.13 bits per heavy atom. The molecule has 1 N–H and O–H groups in total. The summed E-state index contributed by atoms with van der Waals surface area (Å²) < 4.78 is 42.6. The van der Waals surface area contributed by atoms with E-state index in [1.165, 1.54) is 29.8 Å². The Bertz CT molecular complexity index is 1010. The van der Waals surface area contributed by atoms with Gasteiger partial charge in [0.25, 0.3) is 0 Å². The Kier molecular flexibility index (Phi) is 6.51. The third-order valence-electron chi connectivity index (χ3n) is 4.19. The van der Waals surface area contributed by atoms with Gasteiger partial charge < -0.3 is 10.1 Å². The molecule has 3 rings (SSSR count). The summed E-state index contributed by atoms with van der Waals surface area (Å²) in [5.41, 5.74) is 2.36. The van der Waals surface area contributed by atoms with E-state index in [0.29, 0.717) is 29.4 Å². The highest BCUT2D eigenvalue weighted by Gasteiger charge is 2.31. The van der Waals surface area contributed by atoms with Crippen LogP contribution in [0.2, 0.25) is 0 Å². The number of halogens is 3. The first-order valence-corrected chi connectivity index (χ1v) is 9.06. The average Bonchev–Trinajstić information content (AvgIpc) is 3.14. The standard InChI is InChI=1S/C21H20F3N5O/c1-25-19(27-16-8-10-17(11-9-16)30-21(22,23)24)18-14-29(28-20(18)26-2)13-12-15-6-4-3-5-7-15/h3-11,14H,2,12-13H2,1H3,(H,25,27). The topological polar surface area (TPSA) is 63.8 Å². The molecule has 0 spiro atoms. The molecule has 0 atom stereocenters. The second kappa shape index (κ2) is 9.25. The molecule has 6 nitrogen and oxygen atoms in total. The largest absolute Gasteiger partial charge is 0.573 e. The number of aromatic nitrogens is 2. The third-order valence-corrected chi connectivity index (χ3v) is 4.19. The van der Waals surface area contributed by atoms with E-state index in [0.717, 1.165) is 6.42 Å². The number of alkyl halides is 3. The van der Waals surface area contributed by atoms with Gasteiger partial charge in [-0.25, -0.2) is 4.99 Å². The van der Waals surface area contributed by atoms with E-state index in [1.807, 2.05) is 36.5 Å². The summed E-state index contributed by atoms with van der Waals surface area (Å²) in [5, 5.41) is 7.50. The molecule has 0 saturated carbocycles. The quantitative estimate of drug-likeness (QED) is 0.443. The third kappa shape index (κ3) is 5.69. The minimum atomic E-state index is -4.73. The lowest BCUT2D eigenvalue weighted by atomic mass is 10.1. The highest BCUT2D eigenvalue weighted by atomic mass is 19.4. The second-order valence-electron chi connectivity index (χ2n) is 6.29. The van der Waals surface area contributed by atoms with E-state index in [9.17, 15) is 13.2 Å². The van der Waals surface area contributed by atoms with Gasteiger partial charge >= 0.3 is 6.36 Å². The number of hydrogen-bond donors (Lipinski definition) is 1. The Hall–Kier alpha value is -3.62. The van der Waals surface area contributed by atoms with Crippen molar-refractivity contribution < 1.29 is 17.9 Å². The maximum Gasteiger partial charge on any atom is 0.573 e. The fraction of sp³-hybridized carbons (Fsp3) is 0.190. The zero-order chi connectivity index (χ0) is 21.6. The van der Waals surface area contributed by atoms with Crippen LogP contribution < -0.4 is 10.1 Å². The molecule has 1 aromatic heterocycles. The van der Waals surface area contributed by atoms with Crippen LogP contribution in [0, 0.1) is 0 Å². The first-order valence-electron chi connectivity index (χ1n) is 9.06. The summed E-state index contributed by atoms with van der Waals surface area (Å²) in [6.07, 6.45) is -2.13. The lowest BCUT2D eigenvalue weighted by molar-refractivity contribution is -0.274. The van der Waals surface area contributed by atoms with Gasteiger partial charge in [0.1, 0.15) is 11.6 Å². The first-order chi connectivity index (χ1) is 14.4. The lowest BCUT2D eigenvalue weighted by Crippen LogP contribution is -2.17. The van der Waals surface area contributed by atoms with E-state index in [1.54, 1.807) is 11.7 Å². The van der Waals surface area contributed by atoms with Crippen molar-refractivity contribution in [2.45, 2.75) is 19.3 Å². The van der Waals surface area contributed by atoms with Gasteiger partial charge in [-0.05, 0) is 43.0 Å². The van der Waals surface area contributed by atoms with E-state index in [2.05, 4.69) is 31.9 Å². The molecule has 0 radical (unpaired) electrons. The normalized spacial score (nSPS) is 11.9. The second-order valence-corrected chi connectivity index (χ2v) is 6.29. The molecule has 9 heteroatoms. The van der Waals surface area contributed by atoms with E-state index in [4.69, 9.17) is 0 Å². The SMILES string of the molecule is C=Nc1nn(CCc2ccccc2)cc1C(=NC)Nc1ccc(OC(F)(F)F)cc1. The van der Waals surface area contributed by atoms with Crippen molar-refractivity contribution in [3.8, 4) is 5.75 Å². The van der Waals surface area contributed by atoms with Gasteiger partial charge in [-0.2, -0.15) is 5.10 Å². The van der Waals surface area contributed by atoms with Crippen molar-refractivity contribution in [1.82, 2.24) is 9.78 Å². The molecule has 0 aliphatic rings. The van der Waals surface area contributed by atoms with Crippen molar-refractivity contribution in [2.24, 2.45) is 9.98 Å². The smallest absolute Gasteiger partial charge is 0.406 e. The molecule has 0 saturated heterocycles. The molecule has 0 bridgehead atoms. The van der Waals surface area contributed by atoms with Crippen LogP contribution in [0.5, 0.6) is 5.75 Å². The number of nitrogens with one attached hydrogen (secondary N) is 1. The summed E-state index contributed by atoms with van der Waals surface area (Å²) in [7, 11) is 1.59. The fourth-order valence-corrected chi connectivity index (χ4v) is 2.82. The minimum absolute atomic E-state index is 0.301. The summed E-state index contributed by atoms with van der Waals surface area (Å²) in [5.74, 6) is 0.575. The van der Waals surface area contributed by atoms with Crippen LogP contribution in [0.15, 0.2) is 70.8 Å². The van der Waals surface area contributed by atoms with Crippen LogP contribution in [-0.2, 0) is 13.0 Å². The zero-order valence-electron chi connectivity index (χ0n) is 16.2. The Morgan fingerprint density at radius 3 is 2.43 bits per heavy atom. The Balaban J connectivity index is 1.73. The summed E-state index contributed by atoms with van der Waals surface area (Å²) >= 11 is 0. The summed E-state index contributed by atoms with van der Waals surface area (Å²) in [4.78, 5) is 8.19. The number of amidine groups is 1. The maximum absolute atomic E-state index is 12.3. The fourth-order valence-electron chi connectivity index (χ4n) is 2.82. The number of aliphatic imine (C=N–C) groups is 2. The van der Waals surface area contributed by atoms with Gasteiger partial charge in [0.15, 0.2) is 5.82 Å². The minimum Gasteiger partial charge on any atom is -0.406 e. The molecule has 0 aliphatic carbocycles. The van der Waals surface area contributed by atoms with Gasteiger partial charge in [-0.3, -0.25) is 9.67 Å². The van der Waals surface area contributed by atoms with Crippen molar-refractivity contribution in [1.29, 1.82) is 0 Å². The molecule has 0 fully saturated rings. The van der Waals surface area contributed by atoms with Crippen LogP contribution in [0.25, 0.3) is 0 Å². The van der Waals surface area contributed by atoms with E-state index < -0.39 is 6.36 Å². The predicted octanol–water partition coefficient (Wildman–Crippen LogP) is 4.85. The highest BCUT2D eigenvalue weighted by molar-refractivity contribution is 6.10. The molecule has 156 valence electrons. The molecule has 3 aromatic rings. The van der Waals surface area contributed by atoms with E-state index >= 15 is 0 Å². The Labute approximate surface area is 171 Å².